The van der Waals surface area contributed by atoms with Crippen LogP contribution in [0.5, 0.6) is 0 Å². The molecule has 0 saturated carbocycles. The van der Waals surface area contributed by atoms with Crippen LogP contribution in [-0.2, 0) is 6.54 Å². The first-order valence-corrected chi connectivity index (χ1v) is 8.74. The largest absolute Gasteiger partial charge is 0.337 e. The van der Waals surface area contributed by atoms with Crippen molar-refractivity contribution < 1.29 is 4.79 Å². The maximum Gasteiger partial charge on any atom is 0.274 e. The Morgan fingerprint density at radius 2 is 2.36 bits per heavy atom. The van der Waals surface area contributed by atoms with Crippen LogP contribution in [0.15, 0.2) is 18.5 Å². The zero-order valence-electron chi connectivity index (χ0n) is 13.2. The Bertz CT molecular complexity index is 648. The number of likely N-dealkylation sites (tertiary alicyclic amines) is 1. The summed E-state index contributed by atoms with van der Waals surface area (Å²) in [6, 6.07) is 1.83. The minimum atomic E-state index is 0.0489. The molecule has 5 nitrogen and oxygen atoms in total. The number of aryl methyl sites for hydroxylation is 2. The Morgan fingerprint density at radius 3 is 3.09 bits per heavy atom. The zero-order valence-corrected chi connectivity index (χ0v) is 14.0. The van der Waals surface area contributed by atoms with E-state index in [1.165, 1.54) is 4.88 Å². The van der Waals surface area contributed by atoms with Gasteiger partial charge in [0.05, 0.1) is 5.01 Å². The molecule has 1 amide bonds. The van der Waals surface area contributed by atoms with Crippen molar-refractivity contribution in [3.05, 3.63) is 34.0 Å². The van der Waals surface area contributed by atoms with Crippen molar-refractivity contribution in [2.24, 2.45) is 0 Å². The summed E-state index contributed by atoms with van der Waals surface area (Å²) in [4.78, 5) is 20.3. The lowest BCUT2D eigenvalue weighted by Gasteiger charge is -2.31. The molecule has 3 heterocycles. The lowest BCUT2D eigenvalue weighted by atomic mass is 9.98. The maximum atomic E-state index is 12.6. The van der Waals surface area contributed by atoms with Crippen LogP contribution in [0, 0.1) is 6.92 Å². The fourth-order valence-corrected chi connectivity index (χ4v) is 3.82. The van der Waals surface area contributed by atoms with Gasteiger partial charge in [0, 0.05) is 42.8 Å². The van der Waals surface area contributed by atoms with Crippen LogP contribution < -0.4 is 0 Å². The fourth-order valence-electron chi connectivity index (χ4n) is 2.92. The summed E-state index contributed by atoms with van der Waals surface area (Å²) in [6.45, 7) is 6.61. The van der Waals surface area contributed by atoms with E-state index in [0.717, 1.165) is 43.9 Å². The molecule has 118 valence electrons. The van der Waals surface area contributed by atoms with Crippen LogP contribution in [0.1, 0.15) is 52.5 Å². The van der Waals surface area contributed by atoms with Gasteiger partial charge in [-0.15, -0.1) is 11.3 Å². The normalized spacial score (nSPS) is 18.6. The van der Waals surface area contributed by atoms with Crippen molar-refractivity contribution >= 4 is 17.2 Å². The molecule has 0 N–H and O–H groups in total. The van der Waals surface area contributed by atoms with Crippen molar-refractivity contribution in [2.75, 3.05) is 13.1 Å². The third-order valence-corrected chi connectivity index (χ3v) is 5.08. The van der Waals surface area contributed by atoms with Crippen molar-refractivity contribution in [3.8, 4) is 0 Å². The predicted octanol–water partition coefficient (Wildman–Crippen LogP) is 3.08. The number of thiazole rings is 1. The molecule has 0 bridgehead atoms. The Balaban J connectivity index is 1.69. The number of nitrogens with zero attached hydrogens (tertiary/aromatic N) is 4. The van der Waals surface area contributed by atoms with Crippen LogP contribution in [0.4, 0.5) is 0 Å². The van der Waals surface area contributed by atoms with E-state index in [0.29, 0.717) is 11.6 Å². The van der Waals surface area contributed by atoms with E-state index in [9.17, 15) is 4.79 Å². The van der Waals surface area contributed by atoms with Gasteiger partial charge in [-0.1, -0.05) is 6.92 Å². The first-order chi connectivity index (χ1) is 10.7. The molecular formula is C16H22N4OS. The van der Waals surface area contributed by atoms with Gasteiger partial charge in [0.1, 0.15) is 5.69 Å². The van der Waals surface area contributed by atoms with Gasteiger partial charge >= 0.3 is 0 Å². The van der Waals surface area contributed by atoms with Crippen LogP contribution >= 0.6 is 11.3 Å². The molecule has 0 unspecified atom stereocenters. The van der Waals surface area contributed by atoms with Crippen LogP contribution in [0.25, 0.3) is 0 Å². The topological polar surface area (TPSA) is 51.0 Å². The van der Waals surface area contributed by atoms with Gasteiger partial charge in [-0.25, -0.2) is 4.98 Å². The summed E-state index contributed by atoms with van der Waals surface area (Å²) < 4.78 is 1.85. The summed E-state index contributed by atoms with van der Waals surface area (Å²) in [7, 11) is 0. The second kappa shape index (κ2) is 6.60. The fraction of sp³-hybridized carbons (Fsp3) is 0.562. The highest BCUT2D eigenvalue weighted by Gasteiger charge is 2.28. The number of hydrogen-bond donors (Lipinski definition) is 0. The van der Waals surface area contributed by atoms with Gasteiger partial charge in [-0.05, 0) is 32.3 Å². The Labute approximate surface area is 135 Å². The number of rotatable bonds is 4. The highest BCUT2D eigenvalue weighted by Crippen LogP contribution is 2.30. The Morgan fingerprint density at radius 1 is 1.50 bits per heavy atom. The van der Waals surface area contributed by atoms with Gasteiger partial charge < -0.3 is 4.90 Å². The van der Waals surface area contributed by atoms with E-state index in [4.69, 9.17) is 0 Å². The quantitative estimate of drug-likeness (QED) is 0.870. The van der Waals surface area contributed by atoms with E-state index >= 15 is 0 Å². The maximum absolute atomic E-state index is 12.6. The summed E-state index contributed by atoms with van der Waals surface area (Å²) in [5, 5.41) is 5.55. The van der Waals surface area contributed by atoms with Crippen molar-refractivity contribution in [3.63, 3.8) is 0 Å². The minimum Gasteiger partial charge on any atom is -0.337 e. The number of piperidine rings is 1. The van der Waals surface area contributed by atoms with E-state index in [-0.39, 0.29) is 5.91 Å². The Kier molecular flexibility index (Phi) is 4.57. The second-order valence-electron chi connectivity index (χ2n) is 5.86. The number of aromatic nitrogens is 3. The van der Waals surface area contributed by atoms with Gasteiger partial charge in [0.25, 0.3) is 5.91 Å². The lowest BCUT2D eigenvalue weighted by Crippen LogP contribution is -2.39. The third-order valence-electron chi connectivity index (χ3n) is 4.01. The summed E-state index contributed by atoms with van der Waals surface area (Å²) in [5.74, 6) is 0.418. The first kappa shape index (κ1) is 15.2. The molecule has 0 aliphatic carbocycles. The van der Waals surface area contributed by atoms with Gasteiger partial charge in [-0.3, -0.25) is 9.48 Å². The summed E-state index contributed by atoms with van der Waals surface area (Å²) in [5.41, 5.74) is 0.560. The third kappa shape index (κ3) is 3.21. The number of carbonyl (C=O) groups is 1. The molecule has 1 aliphatic rings. The van der Waals surface area contributed by atoms with E-state index in [2.05, 4.69) is 23.9 Å². The predicted molar refractivity (Wildman–Crippen MR) is 87.2 cm³/mol. The smallest absolute Gasteiger partial charge is 0.274 e. The molecule has 1 aliphatic heterocycles. The van der Waals surface area contributed by atoms with Crippen molar-refractivity contribution in [1.29, 1.82) is 0 Å². The highest BCUT2D eigenvalue weighted by molar-refractivity contribution is 7.11. The molecule has 0 aromatic carbocycles. The van der Waals surface area contributed by atoms with Gasteiger partial charge in [0.2, 0.25) is 0 Å². The van der Waals surface area contributed by atoms with Crippen LogP contribution in [0.2, 0.25) is 0 Å². The highest BCUT2D eigenvalue weighted by atomic mass is 32.1. The van der Waals surface area contributed by atoms with Gasteiger partial charge in [0.15, 0.2) is 0 Å². The number of hydrogen-bond acceptors (Lipinski definition) is 4. The van der Waals surface area contributed by atoms with E-state index in [1.54, 1.807) is 11.3 Å². The molecule has 3 rings (SSSR count). The molecule has 2 aromatic rings. The summed E-state index contributed by atoms with van der Waals surface area (Å²) >= 11 is 1.75. The van der Waals surface area contributed by atoms with E-state index in [1.807, 2.05) is 28.0 Å². The SMILES string of the molecule is CCCn1ccc(C(=O)N2CCC[C@H](c3ncc(C)s3)C2)n1. The van der Waals surface area contributed by atoms with Crippen LogP contribution in [0.3, 0.4) is 0 Å². The molecule has 1 atom stereocenters. The average Bonchev–Trinajstić information content (AvgIpc) is 3.16. The monoisotopic (exact) mass is 318 g/mol. The molecule has 22 heavy (non-hydrogen) atoms. The molecule has 0 radical (unpaired) electrons. The number of amides is 1. The molecular weight excluding hydrogens is 296 g/mol. The lowest BCUT2D eigenvalue weighted by molar-refractivity contribution is 0.0700. The average molecular weight is 318 g/mol. The van der Waals surface area contributed by atoms with E-state index < -0.39 is 0 Å². The zero-order chi connectivity index (χ0) is 15.5. The van der Waals surface area contributed by atoms with Gasteiger partial charge in [-0.2, -0.15) is 5.10 Å². The second-order valence-corrected chi connectivity index (χ2v) is 7.13. The molecule has 6 heteroatoms. The molecule has 0 spiro atoms. The summed E-state index contributed by atoms with van der Waals surface area (Å²) in [6.07, 6.45) is 6.98. The Hall–Kier alpha value is -1.69. The molecule has 1 saturated heterocycles. The van der Waals surface area contributed by atoms with Crippen molar-refractivity contribution in [1.82, 2.24) is 19.7 Å². The standard InChI is InChI=1S/C16H22N4OS/c1-3-7-20-9-6-14(18-20)16(21)19-8-4-5-13(11-19)15-17-10-12(2)22-15/h6,9-10,13H,3-5,7-8,11H2,1-2H3/t13-/m0/s1. The first-order valence-electron chi connectivity index (χ1n) is 7.92. The van der Waals surface area contributed by atoms with Crippen LogP contribution in [-0.4, -0.2) is 38.7 Å². The molecule has 1 fully saturated rings. The molecule has 2 aromatic heterocycles. The minimum absolute atomic E-state index is 0.0489. The van der Waals surface area contributed by atoms with Crippen molar-refractivity contribution in [2.45, 2.75) is 45.6 Å². The number of carbonyl (C=O) groups excluding carboxylic acids is 1.